The predicted molar refractivity (Wildman–Crippen MR) is 289 cm³/mol. The number of hydrogen-bond acceptors (Lipinski definition) is 12. The van der Waals surface area contributed by atoms with Gasteiger partial charge in [0.05, 0.1) is 64.8 Å². The number of rotatable bonds is 18. The molecule has 3 aliphatic rings. The lowest BCUT2D eigenvalue weighted by Gasteiger charge is -2.48. The Balaban J connectivity index is 1.06. The third-order valence-electron chi connectivity index (χ3n) is 14.0. The van der Waals surface area contributed by atoms with Gasteiger partial charge in [-0.2, -0.15) is 0 Å². The summed E-state index contributed by atoms with van der Waals surface area (Å²) in [4.78, 5) is 58.3. The molecule has 3 fully saturated rings. The van der Waals surface area contributed by atoms with Crippen LogP contribution < -0.4 is 21.3 Å². The first-order chi connectivity index (χ1) is 38.2. The van der Waals surface area contributed by atoms with Crippen molar-refractivity contribution in [3.8, 4) is 0 Å². The second-order valence-electron chi connectivity index (χ2n) is 19.8. The van der Waals surface area contributed by atoms with Crippen LogP contribution in [0, 0.1) is 0 Å². The Bertz CT molecular complexity index is 2610. The lowest BCUT2D eigenvalue weighted by molar-refractivity contribution is -0.264. The van der Waals surface area contributed by atoms with Crippen LogP contribution >= 0.6 is 0 Å². The van der Waals surface area contributed by atoms with E-state index >= 15 is 0 Å². The van der Waals surface area contributed by atoms with E-state index in [1.807, 2.05) is 182 Å². The van der Waals surface area contributed by atoms with Gasteiger partial charge in [-0.1, -0.05) is 182 Å². The SMILES string of the molecule is C[C@H]1NC(=O)CNC(=O)[C@H]2O[C@H]([C@H](OCc3ccccc3)[C@@H](OCc3ccccc3)[C@@H]2OCc2ccccc2)[C@@H](C)NC(=O)CNC(=O)[C@H]2O[C@@H]1[C@H](OCc1ccccc1)[C@@H](OCc1ccccc1)[C@@H]2OCc1ccccc1. The van der Waals surface area contributed by atoms with Crippen molar-refractivity contribution in [2.24, 2.45) is 0 Å². The molecule has 0 radical (unpaired) electrons. The minimum absolute atomic E-state index is 0.0774. The summed E-state index contributed by atoms with van der Waals surface area (Å²) in [5.41, 5.74) is 5.11. The summed E-state index contributed by atoms with van der Waals surface area (Å²) >= 11 is 0. The fourth-order valence-electron chi connectivity index (χ4n) is 10.0. The standard InChI is InChI=1S/C62H68N4O12/c1-41-51-53(71-35-43-21-9-3-10-22-43)55(73-37-45-25-13-5-14-26-45)57(75-39-47-29-17-7-18-30-47)59(77-51)61(69)64-34-50(68)66-42(2)52-54(72-36-44-23-11-4-12-24-44)56(74-38-46-27-15-6-16-28-46)58(76-40-48-31-19-8-20-32-48)60(78-52)62(70)63-33-49(67)65-41/h3-32,41-42,51-60H,33-40H2,1-2H3,(H,63,70)(H,64,69)(H,65,67)(H,66,68)/t41-,42-,51+,52+,53+,54+,55-,56-,57+,58+,59+,60+/m1/s1. The van der Waals surface area contributed by atoms with Gasteiger partial charge in [0.2, 0.25) is 11.8 Å². The van der Waals surface area contributed by atoms with Crippen LogP contribution in [0.2, 0.25) is 0 Å². The molecule has 0 aromatic heterocycles. The maximum atomic E-state index is 14.9. The van der Waals surface area contributed by atoms with Crippen LogP contribution in [-0.2, 0) is 96.7 Å². The van der Waals surface area contributed by atoms with Gasteiger partial charge in [0.15, 0.2) is 12.2 Å². The largest absolute Gasteiger partial charge is 0.368 e. The number of fused-ring (bicyclic) bond motifs is 4. The summed E-state index contributed by atoms with van der Waals surface area (Å²) in [5, 5.41) is 11.7. The Labute approximate surface area is 455 Å². The van der Waals surface area contributed by atoms with Crippen molar-refractivity contribution < 1.29 is 57.1 Å². The normalized spacial score (nSPS) is 27.0. The Morgan fingerprint density at radius 1 is 0.346 bits per heavy atom. The zero-order chi connectivity index (χ0) is 54.1. The van der Waals surface area contributed by atoms with E-state index in [-0.39, 0.29) is 39.6 Å². The van der Waals surface area contributed by atoms with Gasteiger partial charge in [-0.15, -0.1) is 0 Å². The number of carbonyl (C=O) groups is 4. The third kappa shape index (κ3) is 15.1. The predicted octanol–water partition coefficient (Wildman–Crippen LogP) is 6.29. The molecule has 408 valence electrons. The molecule has 4 amide bonds. The molecule has 0 unspecified atom stereocenters. The van der Waals surface area contributed by atoms with Crippen LogP contribution in [0.25, 0.3) is 0 Å². The molecule has 3 aliphatic heterocycles. The summed E-state index contributed by atoms with van der Waals surface area (Å²) in [6, 6.07) is 55.6. The molecular formula is C62H68N4O12. The van der Waals surface area contributed by atoms with E-state index in [0.29, 0.717) is 0 Å². The van der Waals surface area contributed by atoms with Crippen molar-refractivity contribution in [1.29, 1.82) is 0 Å². The fraction of sp³-hybridized carbons (Fsp3) is 0.355. The quantitative estimate of drug-likeness (QED) is 0.0755. The van der Waals surface area contributed by atoms with Gasteiger partial charge in [0.1, 0.15) is 48.8 Å². The van der Waals surface area contributed by atoms with Gasteiger partial charge in [-0.25, -0.2) is 0 Å². The average Bonchev–Trinajstić information content (AvgIpc) is 3.48. The molecule has 6 aromatic rings. The van der Waals surface area contributed by atoms with Gasteiger partial charge in [-0.3, -0.25) is 19.2 Å². The Hall–Kier alpha value is -7.12. The summed E-state index contributed by atoms with van der Waals surface area (Å²) in [6.07, 6.45) is -10.9. The highest BCUT2D eigenvalue weighted by molar-refractivity contribution is 5.88. The Kier molecular flexibility index (Phi) is 19.9. The van der Waals surface area contributed by atoms with E-state index in [0.717, 1.165) is 33.4 Å². The first kappa shape index (κ1) is 55.6. The Morgan fingerprint density at radius 3 is 0.833 bits per heavy atom. The van der Waals surface area contributed by atoms with Gasteiger partial charge >= 0.3 is 0 Å². The zero-order valence-electron chi connectivity index (χ0n) is 43.8. The van der Waals surface area contributed by atoms with Gasteiger partial charge in [0.25, 0.3) is 11.8 Å². The molecule has 4 N–H and O–H groups in total. The minimum atomic E-state index is -1.38. The van der Waals surface area contributed by atoms with Crippen molar-refractivity contribution in [2.45, 2.75) is 127 Å². The molecule has 12 atom stereocenters. The Morgan fingerprint density at radius 2 is 0.577 bits per heavy atom. The van der Waals surface area contributed by atoms with Crippen LogP contribution in [-0.4, -0.2) is 110 Å². The van der Waals surface area contributed by atoms with Crippen molar-refractivity contribution in [1.82, 2.24) is 21.3 Å². The fourth-order valence-corrected chi connectivity index (χ4v) is 10.0. The van der Waals surface area contributed by atoms with Crippen LogP contribution in [0.15, 0.2) is 182 Å². The monoisotopic (exact) mass is 1060 g/mol. The molecule has 4 bridgehead atoms. The minimum Gasteiger partial charge on any atom is -0.368 e. The molecule has 16 heteroatoms. The van der Waals surface area contributed by atoms with Crippen LogP contribution in [0.5, 0.6) is 0 Å². The number of amides is 4. The van der Waals surface area contributed by atoms with E-state index in [1.54, 1.807) is 13.8 Å². The van der Waals surface area contributed by atoms with Crippen LogP contribution in [0.1, 0.15) is 47.2 Å². The average molecular weight is 1060 g/mol. The number of hydrogen-bond donors (Lipinski definition) is 4. The summed E-state index contributed by atoms with van der Waals surface area (Å²) in [5.74, 6) is -2.45. The molecule has 16 nitrogen and oxygen atoms in total. The van der Waals surface area contributed by atoms with E-state index in [2.05, 4.69) is 21.3 Å². The van der Waals surface area contributed by atoms with Gasteiger partial charge in [-0.05, 0) is 47.2 Å². The van der Waals surface area contributed by atoms with Crippen LogP contribution in [0.4, 0.5) is 0 Å². The highest BCUT2D eigenvalue weighted by atomic mass is 16.6. The highest BCUT2D eigenvalue weighted by Gasteiger charge is 2.54. The molecule has 0 aliphatic carbocycles. The second-order valence-corrected chi connectivity index (χ2v) is 19.8. The maximum absolute atomic E-state index is 14.9. The van der Waals surface area contributed by atoms with Crippen molar-refractivity contribution in [3.05, 3.63) is 215 Å². The first-order valence-electron chi connectivity index (χ1n) is 26.5. The summed E-state index contributed by atoms with van der Waals surface area (Å²) in [6.45, 7) is 3.12. The molecule has 3 saturated heterocycles. The maximum Gasteiger partial charge on any atom is 0.252 e. The number of benzene rings is 6. The summed E-state index contributed by atoms with van der Waals surface area (Å²) in [7, 11) is 0. The van der Waals surface area contributed by atoms with E-state index < -0.39 is 110 Å². The molecule has 3 heterocycles. The molecule has 9 rings (SSSR count). The molecule has 0 spiro atoms. The van der Waals surface area contributed by atoms with Gasteiger partial charge < -0.3 is 59.2 Å². The van der Waals surface area contributed by atoms with Gasteiger partial charge in [0, 0.05) is 0 Å². The lowest BCUT2D eigenvalue weighted by atomic mass is 9.89. The van der Waals surface area contributed by atoms with Crippen molar-refractivity contribution in [3.63, 3.8) is 0 Å². The van der Waals surface area contributed by atoms with E-state index in [4.69, 9.17) is 37.9 Å². The molecule has 0 saturated carbocycles. The zero-order valence-corrected chi connectivity index (χ0v) is 43.8. The third-order valence-corrected chi connectivity index (χ3v) is 14.0. The second kappa shape index (κ2) is 28.0. The van der Waals surface area contributed by atoms with E-state index in [9.17, 15) is 19.2 Å². The first-order valence-corrected chi connectivity index (χ1v) is 26.5. The topological polar surface area (TPSA) is 190 Å². The molecular weight excluding hydrogens is 993 g/mol. The number of carbonyl (C=O) groups excluding carboxylic acids is 4. The van der Waals surface area contributed by atoms with E-state index in [1.165, 1.54) is 0 Å². The lowest BCUT2D eigenvalue weighted by Crippen LogP contribution is -2.68. The van der Waals surface area contributed by atoms with Crippen molar-refractivity contribution >= 4 is 23.6 Å². The summed E-state index contributed by atoms with van der Waals surface area (Å²) < 4.78 is 54.2. The smallest absolute Gasteiger partial charge is 0.252 e. The number of ether oxygens (including phenoxy) is 8. The number of nitrogens with one attached hydrogen (secondary N) is 4. The molecule has 6 aromatic carbocycles. The van der Waals surface area contributed by atoms with Crippen LogP contribution in [0.3, 0.4) is 0 Å². The molecule has 78 heavy (non-hydrogen) atoms. The van der Waals surface area contributed by atoms with Crippen molar-refractivity contribution in [2.75, 3.05) is 13.1 Å². The highest BCUT2D eigenvalue weighted by Crippen LogP contribution is 2.34.